The molecular formula is C26H27N3O5. The summed E-state index contributed by atoms with van der Waals surface area (Å²) < 4.78 is 11.1. The highest BCUT2D eigenvalue weighted by molar-refractivity contribution is 6.11. The van der Waals surface area contributed by atoms with Crippen LogP contribution in [-0.2, 0) is 15.1 Å². The predicted octanol–water partition coefficient (Wildman–Crippen LogP) is 4.04. The Balaban J connectivity index is 1.56. The van der Waals surface area contributed by atoms with Crippen LogP contribution in [0.2, 0.25) is 0 Å². The number of hydrogen-bond donors (Lipinski definition) is 2. The van der Waals surface area contributed by atoms with E-state index < -0.39 is 29.9 Å². The zero-order valence-corrected chi connectivity index (χ0v) is 19.4. The van der Waals surface area contributed by atoms with Gasteiger partial charge in [0.15, 0.2) is 0 Å². The normalized spacial score (nSPS) is 17.6. The summed E-state index contributed by atoms with van der Waals surface area (Å²) in [4.78, 5) is 40.0. The zero-order valence-electron chi connectivity index (χ0n) is 19.4. The number of ether oxygens (including phenoxy) is 2. The quantitative estimate of drug-likeness (QED) is 0.494. The molecule has 3 aromatic rings. The number of nitrogens with zero attached hydrogens (tertiary/aromatic N) is 1. The van der Waals surface area contributed by atoms with Crippen LogP contribution in [0.3, 0.4) is 0 Å². The van der Waals surface area contributed by atoms with Gasteiger partial charge in [-0.1, -0.05) is 42.5 Å². The van der Waals surface area contributed by atoms with E-state index in [-0.39, 0.29) is 0 Å². The number of imide groups is 1. The highest BCUT2D eigenvalue weighted by Crippen LogP contribution is 2.34. The molecule has 0 radical (unpaired) electrons. The Bertz CT molecular complexity index is 1250. The van der Waals surface area contributed by atoms with Gasteiger partial charge in [-0.2, -0.15) is 0 Å². The van der Waals surface area contributed by atoms with E-state index in [1.54, 1.807) is 25.1 Å². The second-order valence-electron chi connectivity index (χ2n) is 8.05. The SMILES string of the molecule is CCOc1ccc(OCC)c(NC(=O)CN2C(=O)NC(C)(c3cccc4ccccc34)C2=O)c1. The van der Waals surface area contributed by atoms with Crippen molar-refractivity contribution in [2.75, 3.05) is 25.1 Å². The van der Waals surface area contributed by atoms with Crippen LogP contribution in [-0.4, -0.2) is 42.5 Å². The molecule has 0 aliphatic carbocycles. The number of urea groups is 1. The van der Waals surface area contributed by atoms with Gasteiger partial charge in [0.25, 0.3) is 5.91 Å². The fourth-order valence-electron chi connectivity index (χ4n) is 4.16. The van der Waals surface area contributed by atoms with Crippen molar-refractivity contribution in [1.29, 1.82) is 0 Å². The van der Waals surface area contributed by atoms with Gasteiger partial charge < -0.3 is 20.1 Å². The van der Waals surface area contributed by atoms with Crippen LogP contribution in [0.15, 0.2) is 60.7 Å². The van der Waals surface area contributed by atoms with E-state index in [4.69, 9.17) is 9.47 Å². The smallest absolute Gasteiger partial charge is 0.325 e. The lowest BCUT2D eigenvalue weighted by atomic mass is 9.88. The van der Waals surface area contributed by atoms with Crippen molar-refractivity contribution in [2.45, 2.75) is 26.3 Å². The van der Waals surface area contributed by atoms with Crippen LogP contribution in [0.4, 0.5) is 10.5 Å². The van der Waals surface area contributed by atoms with Gasteiger partial charge in [-0.15, -0.1) is 0 Å². The summed E-state index contributed by atoms with van der Waals surface area (Å²) in [6, 6.07) is 17.7. The molecule has 1 aliphatic heterocycles. The minimum Gasteiger partial charge on any atom is -0.494 e. The molecule has 0 aromatic heterocycles. The van der Waals surface area contributed by atoms with Crippen LogP contribution in [0, 0.1) is 0 Å². The summed E-state index contributed by atoms with van der Waals surface area (Å²) in [6.45, 7) is 5.80. The molecule has 176 valence electrons. The lowest BCUT2D eigenvalue weighted by Crippen LogP contribution is -2.42. The number of hydrogen-bond acceptors (Lipinski definition) is 5. The number of benzene rings is 3. The van der Waals surface area contributed by atoms with Gasteiger partial charge in [0.05, 0.1) is 18.9 Å². The maximum atomic E-state index is 13.4. The van der Waals surface area contributed by atoms with Crippen molar-refractivity contribution in [1.82, 2.24) is 10.2 Å². The van der Waals surface area contributed by atoms with Gasteiger partial charge in [-0.25, -0.2) is 4.79 Å². The highest BCUT2D eigenvalue weighted by atomic mass is 16.5. The zero-order chi connectivity index (χ0) is 24.3. The Morgan fingerprint density at radius 2 is 1.74 bits per heavy atom. The van der Waals surface area contributed by atoms with Crippen LogP contribution in [0.1, 0.15) is 26.3 Å². The molecule has 4 rings (SSSR count). The van der Waals surface area contributed by atoms with Crippen molar-refractivity contribution in [3.05, 3.63) is 66.2 Å². The van der Waals surface area contributed by atoms with Gasteiger partial charge >= 0.3 is 6.03 Å². The average Bonchev–Trinajstić information content (AvgIpc) is 3.04. The maximum absolute atomic E-state index is 13.4. The highest BCUT2D eigenvalue weighted by Gasteiger charge is 2.50. The molecule has 8 nitrogen and oxygen atoms in total. The first-order valence-electron chi connectivity index (χ1n) is 11.2. The molecule has 8 heteroatoms. The van der Waals surface area contributed by atoms with E-state index in [0.717, 1.165) is 15.7 Å². The van der Waals surface area contributed by atoms with E-state index in [2.05, 4.69) is 10.6 Å². The summed E-state index contributed by atoms with van der Waals surface area (Å²) in [5.41, 5.74) is -0.208. The van der Waals surface area contributed by atoms with E-state index in [1.807, 2.05) is 56.3 Å². The lowest BCUT2D eigenvalue weighted by Gasteiger charge is -2.24. The number of fused-ring (bicyclic) bond motifs is 1. The van der Waals surface area contributed by atoms with E-state index in [1.165, 1.54) is 0 Å². The molecule has 1 heterocycles. The van der Waals surface area contributed by atoms with Gasteiger partial charge in [0, 0.05) is 6.07 Å². The van der Waals surface area contributed by atoms with Gasteiger partial charge in [-0.3, -0.25) is 14.5 Å². The van der Waals surface area contributed by atoms with Crippen LogP contribution in [0.5, 0.6) is 11.5 Å². The summed E-state index contributed by atoms with van der Waals surface area (Å²) in [7, 11) is 0. The molecule has 1 aliphatic rings. The number of nitrogens with one attached hydrogen (secondary N) is 2. The van der Waals surface area contributed by atoms with E-state index in [9.17, 15) is 14.4 Å². The molecule has 34 heavy (non-hydrogen) atoms. The molecule has 1 atom stereocenters. The largest absolute Gasteiger partial charge is 0.494 e. The first-order valence-corrected chi connectivity index (χ1v) is 11.2. The fraction of sp³-hybridized carbons (Fsp3) is 0.269. The molecule has 1 saturated heterocycles. The molecule has 2 N–H and O–H groups in total. The first-order chi connectivity index (χ1) is 16.4. The summed E-state index contributed by atoms with van der Waals surface area (Å²) in [5, 5.41) is 7.34. The number of anilines is 1. The van der Waals surface area contributed by atoms with Gasteiger partial charge in [-0.05, 0) is 49.2 Å². The Kier molecular flexibility index (Phi) is 6.40. The van der Waals surface area contributed by atoms with Gasteiger partial charge in [0.1, 0.15) is 23.6 Å². The molecule has 0 spiro atoms. The van der Waals surface area contributed by atoms with Crippen LogP contribution < -0.4 is 20.1 Å². The first kappa shape index (κ1) is 23.1. The van der Waals surface area contributed by atoms with E-state index in [0.29, 0.717) is 36.0 Å². The standard InChI is InChI=1S/C26H27N3O5/c1-4-33-18-13-14-22(34-5-2)21(15-18)27-23(30)16-29-24(31)26(3,28-25(29)32)20-12-8-10-17-9-6-7-11-19(17)20/h6-15H,4-5,16H2,1-3H3,(H,27,30)(H,28,32). The number of carbonyl (C=O) groups excluding carboxylic acids is 3. The minimum absolute atomic E-state index is 0.404. The number of carbonyl (C=O) groups is 3. The topological polar surface area (TPSA) is 97.0 Å². The average molecular weight is 462 g/mol. The molecular weight excluding hydrogens is 434 g/mol. The fourth-order valence-corrected chi connectivity index (χ4v) is 4.16. The second kappa shape index (κ2) is 9.43. The third-order valence-electron chi connectivity index (χ3n) is 5.74. The Morgan fingerprint density at radius 3 is 2.50 bits per heavy atom. The predicted molar refractivity (Wildman–Crippen MR) is 129 cm³/mol. The Morgan fingerprint density at radius 1 is 1.00 bits per heavy atom. The Labute approximate surface area is 197 Å². The molecule has 4 amide bonds. The summed E-state index contributed by atoms with van der Waals surface area (Å²) in [5.74, 6) is 0.0224. The van der Waals surface area contributed by atoms with Crippen molar-refractivity contribution in [3.8, 4) is 11.5 Å². The number of rotatable bonds is 8. The van der Waals surface area contributed by atoms with Gasteiger partial charge in [0.2, 0.25) is 5.91 Å². The molecule has 0 saturated carbocycles. The van der Waals surface area contributed by atoms with E-state index >= 15 is 0 Å². The summed E-state index contributed by atoms with van der Waals surface area (Å²) >= 11 is 0. The van der Waals surface area contributed by atoms with Crippen molar-refractivity contribution in [3.63, 3.8) is 0 Å². The summed E-state index contributed by atoms with van der Waals surface area (Å²) in [6.07, 6.45) is 0. The monoisotopic (exact) mass is 461 g/mol. The second-order valence-corrected chi connectivity index (χ2v) is 8.05. The van der Waals surface area contributed by atoms with Crippen molar-refractivity contribution < 1.29 is 23.9 Å². The Hall–Kier alpha value is -4.07. The number of amides is 4. The molecule has 1 fully saturated rings. The molecule has 1 unspecified atom stereocenters. The lowest BCUT2D eigenvalue weighted by molar-refractivity contribution is -0.133. The van der Waals surface area contributed by atoms with Crippen molar-refractivity contribution >= 4 is 34.3 Å². The third kappa shape index (κ3) is 4.26. The van der Waals surface area contributed by atoms with Crippen LogP contribution in [0.25, 0.3) is 10.8 Å². The molecule has 3 aromatic carbocycles. The van der Waals surface area contributed by atoms with Crippen LogP contribution >= 0.6 is 0 Å². The maximum Gasteiger partial charge on any atom is 0.325 e. The molecule has 0 bridgehead atoms. The van der Waals surface area contributed by atoms with Crippen molar-refractivity contribution in [2.24, 2.45) is 0 Å². The minimum atomic E-state index is -1.29. The third-order valence-corrected chi connectivity index (χ3v) is 5.74.